The zero-order valence-electron chi connectivity index (χ0n) is 12.4. The third-order valence-electron chi connectivity index (χ3n) is 4.17. The Morgan fingerprint density at radius 1 is 0.818 bits per heavy atom. The maximum Gasteiger partial charge on any atom is 0.194 e. The normalized spacial score (nSPS) is 12.3. The summed E-state index contributed by atoms with van der Waals surface area (Å²) in [6.07, 6.45) is 0.963. The van der Waals surface area contributed by atoms with Gasteiger partial charge in [0.15, 0.2) is 5.78 Å². The van der Waals surface area contributed by atoms with Gasteiger partial charge >= 0.3 is 0 Å². The molecule has 22 heavy (non-hydrogen) atoms. The van der Waals surface area contributed by atoms with Crippen LogP contribution in [0.15, 0.2) is 54.6 Å². The van der Waals surface area contributed by atoms with Gasteiger partial charge in [-0.15, -0.1) is 0 Å². The van der Waals surface area contributed by atoms with Gasteiger partial charge in [0.1, 0.15) is 5.75 Å². The second-order valence-electron chi connectivity index (χ2n) is 5.56. The average molecular weight is 288 g/mol. The molecular weight excluding hydrogens is 272 g/mol. The first-order valence-electron chi connectivity index (χ1n) is 7.64. The molecule has 0 saturated heterocycles. The molecule has 0 amide bonds. The molecule has 0 aromatic heterocycles. The molecule has 0 heterocycles. The molecule has 2 nitrogen and oxygen atoms in total. The van der Waals surface area contributed by atoms with Crippen molar-refractivity contribution in [3.05, 3.63) is 65.7 Å². The number of hydrogen-bond donors (Lipinski definition) is 0. The van der Waals surface area contributed by atoms with Crippen LogP contribution in [0.3, 0.4) is 0 Å². The Kier molecular flexibility index (Phi) is 2.97. The standard InChI is InChI=1S/C20H16O2/c1-2-12-22-18-11-10-14-13-6-3-4-7-15(13)20(21)17-9-5-8-16(18)19(14)17/h3-11H,2,12H2,1H3. The quantitative estimate of drug-likeness (QED) is 0.539. The number of benzene rings is 3. The fourth-order valence-corrected chi connectivity index (χ4v) is 3.19. The minimum atomic E-state index is 0.0985. The minimum Gasteiger partial charge on any atom is -0.493 e. The Balaban J connectivity index is 2.06. The molecule has 4 rings (SSSR count). The minimum absolute atomic E-state index is 0.0985. The first kappa shape index (κ1) is 13.1. The van der Waals surface area contributed by atoms with Gasteiger partial charge in [-0.2, -0.15) is 0 Å². The van der Waals surface area contributed by atoms with E-state index in [4.69, 9.17) is 4.74 Å². The fourth-order valence-electron chi connectivity index (χ4n) is 3.19. The molecule has 108 valence electrons. The van der Waals surface area contributed by atoms with Crippen LogP contribution in [0.5, 0.6) is 5.75 Å². The van der Waals surface area contributed by atoms with E-state index in [2.05, 4.69) is 13.0 Å². The molecule has 0 aliphatic heterocycles. The summed E-state index contributed by atoms with van der Waals surface area (Å²) >= 11 is 0. The van der Waals surface area contributed by atoms with E-state index in [0.29, 0.717) is 6.61 Å². The Morgan fingerprint density at radius 2 is 1.59 bits per heavy atom. The van der Waals surface area contributed by atoms with Crippen molar-refractivity contribution in [1.82, 2.24) is 0 Å². The van der Waals surface area contributed by atoms with Crippen molar-refractivity contribution in [3.8, 4) is 16.9 Å². The Morgan fingerprint density at radius 3 is 2.41 bits per heavy atom. The monoisotopic (exact) mass is 288 g/mol. The number of carbonyl (C=O) groups excluding carboxylic acids is 1. The van der Waals surface area contributed by atoms with E-state index in [0.717, 1.165) is 45.2 Å². The maximum atomic E-state index is 12.8. The summed E-state index contributed by atoms with van der Waals surface area (Å²) < 4.78 is 5.86. The molecule has 0 radical (unpaired) electrons. The van der Waals surface area contributed by atoms with E-state index in [1.165, 1.54) is 0 Å². The number of rotatable bonds is 3. The van der Waals surface area contributed by atoms with Crippen LogP contribution in [-0.2, 0) is 0 Å². The summed E-state index contributed by atoms with van der Waals surface area (Å²) in [5.41, 5.74) is 3.68. The average Bonchev–Trinajstić information content (AvgIpc) is 2.58. The van der Waals surface area contributed by atoms with Crippen LogP contribution < -0.4 is 4.74 Å². The van der Waals surface area contributed by atoms with Crippen molar-refractivity contribution in [2.75, 3.05) is 6.61 Å². The van der Waals surface area contributed by atoms with Gasteiger partial charge in [-0.25, -0.2) is 0 Å². The maximum absolute atomic E-state index is 12.8. The van der Waals surface area contributed by atoms with Crippen LogP contribution in [-0.4, -0.2) is 12.4 Å². The summed E-state index contributed by atoms with van der Waals surface area (Å²) in [7, 11) is 0. The molecule has 1 aliphatic carbocycles. The van der Waals surface area contributed by atoms with Crippen molar-refractivity contribution >= 4 is 16.6 Å². The predicted octanol–water partition coefficient (Wildman–Crippen LogP) is 4.84. The second-order valence-corrected chi connectivity index (χ2v) is 5.56. The van der Waals surface area contributed by atoms with E-state index < -0.39 is 0 Å². The van der Waals surface area contributed by atoms with E-state index in [1.54, 1.807) is 0 Å². The lowest BCUT2D eigenvalue weighted by molar-refractivity contribution is 0.104. The van der Waals surface area contributed by atoms with E-state index in [-0.39, 0.29) is 5.78 Å². The van der Waals surface area contributed by atoms with Gasteiger partial charge in [0.25, 0.3) is 0 Å². The third-order valence-corrected chi connectivity index (χ3v) is 4.17. The van der Waals surface area contributed by atoms with Gasteiger partial charge in [-0.3, -0.25) is 4.79 Å². The van der Waals surface area contributed by atoms with Gasteiger partial charge in [-0.05, 0) is 23.6 Å². The number of ketones is 1. The SMILES string of the molecule is CCCOc1ccc2c3c(cccc13)C(=O)c1ccccc1-2. The van der Waals surface area contributed by atoms with Gasteiger partial charge in [-0.1, -0.05) is 55.5 Å². The second kappa shape index (κ2) is 4.99. The molecule has 1 aliphatic rings. The van der Waals surface area contributed by atoms with Crippen molar-refractivity contribution in [2.24, 2.45) is 0 Å². The lowest BCUT2D eigenvalue weighted by atomic mass is 9.83. The summed E-state index contributed by atoms with van der Waals surface area (Å²) in [6.45, 7) is 2.77. The highest BCUT2D eigenvalue weighted by atomic mass is 16.5. The molecule has 0 fully saturated rings. The summed E-state index contributed by atoms with van der Waals surface area (Å²) in [4.78, 5) is 12.8. The molecular formula is C20H16O2. The first-order valence-corrected chi connectivity index (χ1v) is 7.64. The molecule has 2 heteroatoms. The first-order chi connectivity index (χ1) is 10.8. The molecule has 0 atom stereocenters. The smallest absolute Gasteiger partial charge is 0.194 e. The van der Waals surface area contributed by atoms with Crippen molar-refractivity contribution in [2.45, 2.75) is 13.3 Å². The van der Waals surface area contributed by atoms with Crippen molar-refractivity contribution in [1.29, 1.82) is 0 Å². The summed E-state index contributed by atoms with van der Waals surface area (Å²) in [5.74, 6) is 0.955. The number of ether oxygens (including phenoxy) is 1. The van der Waals surface area contributed by atoms with E-state index in [9.17, 15) is 4.79 Å². The molecule has 0 saturated carbocycles. The van der Waals surface area contributed by atoms with Gasteiger partial charge in [0, 0.05) is 21.9 Å². The van der Waals surface area contributed by atoms with Crippen LogP contribution in [0.4, 0.5) is 0 Å². The van der Waals surface area contributed by atoms with Gasteiger partial charge in [0.2, 0.25) is 0 Å². The highest BCUT2D eigenvalue weighted by Gasteiger charge is 2.25. The van der Waals surface area contributed by atoms with Crippen LogP contribution in [0.25, 0.3) is 21.9 Å². The van der Waals surface area contributed by atoms with Gasteiger partial charge in [0.05, 0.1) is 6.61 Å². The topological polar surface area (TPSA) is 26.3 Å². The zero-order valence-corrected chi connectivity index (χ0v) is 12.4. The van der Waals surface area contributed by atoms with E-state index in [1.807, 2.05) is 48.5 Å². The molecule has 0 N–H and O–H groups in total. The van der Waals surface area contributed by atoms with Gasteiger partial charge < -0.3 is 4.74 Å². The van der Waals surface area contributed by atoms with Crippen LogP contribution in [0.2, 0.25) is 0 Å². The molecule has 0 spiro atoms. The lowest BCUT2D eigenvalue weighted by Gasteiger charge is -2.21. The predicted molar refractivity (Wildman–Crippen MR) is 88.6 cm³/mol. The largest absolute Gasteiger partial charge is 0.493 e. The van der Waals surface area contributed by atoms with Crippen LogP contribution in [0.1, 0.15) is 29.3 Å². The molecule has 0 bridgehead atoms. The summed E-state index contributed by atoms with van der Waals surface area (Å²) in [6, 6.07) is 17.8. The highest BCUT2D eigenvalue weighted by Crippen LogP contribution is 2.42. The van der Waals surface area contributed by atoms with Crippen molar-refractivity contribution < 1.29 is 9.53 Å². The van der Waals surface area contributed by atoms with Crippen molar-refractivity contribution in [3.63, 3.8) is 0 Å². The fraction of sp³-hybridized carbons (Fsp3) is 0.150. The Labute approximate surface area is 129 Å². The van der Waals surface area contributed by atoms with E-state index >= 15 is 0 Å². The number of hydrogen-bond acceptors (Lipinski definition) is 2. The van der Waals surface area contributed by atoms with Crippen LogP contribution in [0, 0.1) is 0 Å². The third kappa shape index (κ3) is 1.77. The lowest BCUT2D eigenvalue weighted by Crippen LogP contribution is -2.10. The zero-order chi connectivity index (χ0) is 15.1. The Bertz CT molecular complexity index is 893. The van der Waals surface area contributed by atoms with Crippen LogP contribution >= 0.6 is 0 Å². The molecule has 0 unspecified atom stereocenters. The molecule has 3 aromatic carbocycles. The number of fused-ring (bicyclic) bond motifs is 2. The molecule has 3 aromatic rings. The Hall–Kier alpha value is -2.61. The highest BCUT2D eigenvalue weighted by molar-refractivity contribution is 6.26. The summed E-state index contributed by atoms with van der Waals surface area (Å²) in [5, 5.41) is 2.03. The number of carbonyl (C=O) groups is 1.